The summed E-state index contributed by atoms with van der Waals surface area (Å²) in [7, 11) is 0. The maximum absolute atomic E-state index is 3.05. The topological polar surface area (TPSA) is 0 Å². The fourth-order valence-electron chi connectivity index (χ4n) is 1.30. The van der Waals surface area contributed by atoms with E-state index in [0.29, 0.717) is 0 Å². The molecular weight excluding hydrogens is 168 g/mol. The second kappa shape index (κ2) is 6.01. The van der Waals surface area contributed by atoms with E-state index in [1.807, 2.05) is 31.2 Å². The van der Waals surface area contributed by atoms with E-state index >= 15 is 0 Å². The summed E-state index contributed by atoms with van der Waals surface area (Å²) in [5, 5.41) is 0. The third-order valence-corrected chi connectivity index (χ3v) is 2.07. The molecule has 0 heterocycles. The lowest BCUT2D eigenvalue weighted by atomic mass is 10.0. The fourth-order valence-corrected chi connectivity index (χ4v) is 1.30. The lowest BCUT2D eigenvalue weighted by molar-refractivity contribution is 1.12. The van der Waals surface area contributed by atoms with Crippen LogP contribution in [-0.4, -0.2) is 0 Å². The Balaban J connectivity index is 2.91. The molecular formula is C14H16. The molecule has 1 aliphatic carbocycles. The van der Waals surface area contributed by atoms with Crippen LogP contribution in [0, 0.1) is 0 Å². The van der Waals surface area contributed by atoms with Crippen LogP contribution in [0.3, 0.4) is 0 Å². The van der Waals surface area contributed by atoms with Crippen LogP contribution < -0.4 is 0 Å². The van der Waals surface area contributed by atoms with E-state index in [0.717, 1.165) is 6.42 Å². The predicted octanol–water partition coefficient (Wildman–Crippen LogP) is 4.11. The lowest BCUT2D eigenvalue weighted by Crippen LogP contribution is -1.84. The number of allylic oxidation sites excluding steroid dienone is 9. The highest BCUT2D eigenvalue weighted by Crippen LogP contribution is 2.16. The molecule has 0 saturated carbocycles. The van der Waals surface area contributed by atoms with Crippen LogP contribution in [0.4, 0.5) is 0 Å². The minimum absolute atomic E-state index is 1.05. The Hall–Kier alpha value is -1.52. The molecule has 0 fully saturated rings. The number of hydrogen-bond donors (Lipinski definition) is 0. The summed E-state index contributed by atoms with van der Waals surface area (Å²) in [4.78, 5) is 0. The van der Waals surface area contributed by atoms with Gasteiger partial charge in [0.25, 0.3) is 0 Å². The molecule has 0 spiro atoms. The molecule has 0 atom stereocenters. The van der Waals surface area contributed by atoms with Gasteiger partial charge in [-0.3, -0.25) is 0 Å². The molecule has 0 aromatic rings. The van der Waals surface area contributed by atoms with Crippen molar-refractivity contribution in [3.05, 3.63) is 65.5 Å². The molecule has 0 saturated heterocycles. The molecule has 0 aromatic carbocycles. The Morgan fingerprint density at radius 3 is 3.00 bits per heavy atom. The van der Waals surface area contributed by atoms with E-state index in [2.05, 4.69) is 37.0 Å². The zero-order valence-corrected chi connectivity index (χ0v) is 8.83. The standard InChI is InChI=1S/C14H16/c1-3-5-10-13(4-2)14-11-8-6-7-9-12-14/h3,5-6,8-12H,4H2,1-2H3. The third-order valence-electron chi connectivity index (χ3n) is 2.07. The minimum atomic E-state index is 1.05. The Morgan fingerprint density at radius 2 is 2.29 bits per heavy atom. The molecule has 0 aliphatic heterocycles. The van der Waals surface area contributed by atoms with E-state index in [9.17, 15) is 0 Å². The first-order chi connectivity index (χ1) is 6.88. The third kappa shape index (κ3) is 3.08. The summed E-state index contributed by atoms with van der Waals surface area (Å²) in [6.45, 7) is 4.20. The maximum atomic E-state index is 3.05. The second-order valence-corrected chi connectivity index (χ2v) is 3.05. The summed E-state index contributed by atoms with van der Waals surface area (Å²) < 4.78 is 0. The van der Waals surface area contributed by atoms with Crippen LogP contribution >= 0.6 is 0 Å². The molecule has 1 rings (SSSR count). The van der Waals surface area contributed by atoms with Crippen molar-refractivity contribution in [3.63, 3.8) is 0 Å². The number of hydrogen-bond acceptors (Lipinski definition) is 0. The minimum Gasteiger partial charge on any atom is -0.121 e. The van der Waals surface area contributed by atoms with Gasteiger partial charge >= 0.3 is 0 Å². The molecule has 14 heavy (non-hydrogen) atoms. The maximum Gasteiger partial charge on any atom is -0.0194 e. The Bertz CT molecular complexity index is 353. The first-order valence-electron chi connectivity index (χ1n) is 5.00. The van der Waals surface area contributed by atoms with Crippen LogP contribution in [0.2, 0.25) is 0 Å². The number of rotatable bonds is 3. The summed E-state index contributed by atoms with van der Waals surface area (Å²) in [5.74, 6) is 0. The highest BCUT2D eigenvalue weighted by Gasteiger charge is 1.97. The van der Waals surface area contributed by atoms with Gasteiger partial charge in [0, 0.05) is 0 Å². The molecule has 0 radical (unpaired) electrons. The van der Waals surface area contributed by atoms with Gasteiger partial charge < -0.3 is 0 Å². The van der Waals surface area contributed by atoms with Gasteiger partial charge in [0.15, 0.2) is 0 Å². The molecule has 0 bridgehead atoms. The van der Waals surface area contributed by atoms with Crippen LogP contribution in [0.15, 0.2) is 65.5 Å². The average Bonchev–Trinajstić information content (AvgIpc) is 2.48. The van der Waals surface area contributed by atoms with Gasteiger partial charge in [0.05, 0.1) is 0 Å². The predicted molar refractivity (Wildman–Crippen MR) is 63.1 cm³/mol. The van der Waals surface area contributed by atoms with Crippen LogP contribution in [0.5, 0.6) is 0 Å². The van der Waals surface area contributed by atoms with E-state index in [4.69, 9.17) is 0 Å². The normalized spacial score (nSPS) is 16.1. The van der Waals surface area contributed by atoms with Crippen LogP contribution in [0.1, 0.15) is 20.3 Å². The molecule has 0 aromatic heterocycles. The van der Waals surface area contributed by atoms with Gasteiger partial charge in [-0.2, -0.15) is 0 Å². The molecule has 0 N–H and O–H groups in total. The molecule has 0 nitrogen and oxygen atoms in total. The van der Waals surface area contributed by atoms with Gasteiger partial charge in [-0.25, -0.2) is 0 Å². The first-order valence-corrected chi connectivity index (χ1v) is 5.00. The molecule has 72 valence electrons. The molecule has 1 aliphatic rings. The summed E-state index contributed by atoms with van der Waals surface area (Å²) in [6, 6.07) is 0. The van der Waals surface area contributed by atoms with E-state index in [-0.39, 0.29) is 0 Å². The second-order valence-electron chi connectivity index (χ2n) is 3.05. The van der Waals surface area contributed by atoms with Crippen molar-refractivity contribution in [2.75, 3.05) is 0 Å². The fraction of sp³-hybridized carbons (Fsp3) is 0.214. The molecule has 0 unspecified atom stereocenters. The van der Waals surface area contributed by atoms with E-state index in [1.165, 1.54) is 11.1 Å². The molecule has 0 heteroatoms. The SMILES string of the molecule is CC=CC=C(CC)C1=CC=C=CC=C1. The van der Waals surface area contributed by atoms with Gasteiger partial charge in [0.2, 0.25) is 0 Å². The zero-order valence-electron chi connectivity index (χ0n) is 8.83. The molecule has 0 amide bonds. The van der Waals surface area contributed by atoms with Crippen molar-refractivity contribution in [1.29, 1.82) is 0 Å². The Labute approximate surface area is 86.3 Å². The monoisotopic (exact) mass is 184 g/mol. The Morgan fingerprint density at radius 1 is 1.43 bits per heavy atom. The zero-order chi connectivity index (χ0) is 10.2. The lowest BCUT2D eigenvalue weighted by Gasteiger charge is -2.03. The van der Waals surface area contributed by atoms with Crippen molar-refractivity contribution in [2.45, 2.75) is 20.3 Å². The summed E-state index contributed by atoms with van der Waals surface area (Å²) in [5.41, 5.74) is 5.68. The van der Waals surface area contributed by atoms with E-state index < -0.39 is 0 Å². The largest absolute Gasteiger partial charge is 0.121 e. The summed E-state index contributed by atoms with van der Waals surface area (Å²) >= 11 is 0. The highest BCUT2D eigenvalue weighted by atomic mass is 14.0. The van der Waals surface area contributed by atoms with Gasteiger partial charge in [-0.15, -0.1) is 5.73 Å². The van der Waals surface area contributed by atoms with Gasteiger partial charge in [-0.1, -0.05) is 37.3 Å². The van der Waals surface area contributed by atoms with E-state index in [1.54, 1.807) is 0 Å². The smallest absolute Gasteiger partial charge is 0.0194 e. The summed E-state index contributed by atoms with van der Waals surface area (Å²) in [6.07, 6.45) is 17.5. The van der Waals surface area contributed by atoms with Crippen molar-refractivity contribution in [1.82, 2.24) is 0 Å². The quantitative estimate of drug-likeness (QED) is 0.457. The van der Waals surface area contributed by atoms with Crippen molar-refractivity contribution in [3.8, 4) is 0 Å². The van der Waals surface area contributed by atoms with Gasteiger partial charge in [0.1, 0.15) is 0 Å². The van der Waals surface area contributed by atoms with Crippen molar-refractivity contribution >= 4 is 0 Å². The van der Waals surface area contributed by atoms with Crippen LogP contribution in [-0.2, 0) is 0 Å². The van der Waals surface area contributed by atoms with Crippen molar-refractivity contribution < 1.29 is 0 Å². The van der Waals surface area contributed by atoms with Crippen LogP contribution in [0.25, 0.3) is 0 Å². The Kier molecular flexibility index (Phi) is 4.54. The highest BCUT2D eigenvalue weighted by molar-refractivity contribution is 5.45. The average molecular weight is 184 g/mol. The van der Waals surface area contributed by atoms with Gasteiger partial charge in [-0.05, 0) is 42.7 Å². The van der Waals surface area contributed by atoms with Crippen molar-refractivity contribution in [2.24, 2.45) is 0 Å². The first kappa shape index (κ1) is 10.6.